The Morgan fingerprint density at radius 1 is 1.35 bits per heavy atom. The lowest BCUT2D eigenvalue weighted by Gasteiger charge is -2.18. The van der Waals surface area contributed by atoms with Crippen LogP contribution in [-0.2, 0) is 16.1 Å². The molecule has 0 heterocycles. The lowest BCUT2D eigenvalue weighted by Crippen LogP contribution is -2.44. The SMILES string of the molecule is CCC(C)C(N)C(=O)NCc1cccc(OCC(=O)N(C)C)c1. The molecule has 0 spiro atoms. The maximum atomic E-state index is 12.0. The van der Waals surface area contributed by atoms with Gasteiger partial charge >= 0.3 is 0 Å². The van der Waals surface area contributed by atoms with E-state index in [9.17, 15) is 9.59 Å². The monoisotopic (exact) mass is 321 g/mol. The number of rotatable bonds is 8. The Morgan fingerprint density at radius 3 is 2.65 bits per heavy atom. The molecule has 3 N–H and O–H groups in total. The van der Waals surface area contributed by atoms with Crippen molar-refractivity contribution in [2.24, 2.45) is 11.7 Å². The second-order valence-corrected chi connectivity index (χ2v) is 5.85. The number of amides is 2. The Hall–Kier alpha value is -2.08. The summed E-state index contributed by atoms with van der Waals surface area (Å²) >= 11 is 0. The number of hydrogen-bond acceptors (Lipinski definition) is 4. The van der Waals surface area contributed by atoms with Gasteiger partial charge in [0.2, 0.25) is 5.91 Å². The van der Waals surface area contributed by atoms with Crippen LogP contribution in [0.5, 0.6) is 5.75 Å². The number of hydrogen-bond donors (Lipinski definition) is 2. The molecule has 6 nitrogen and oxygen atoms in total. The molecule has 0 saturated heterocycles. The van der Waals surface area contributed by atoms with E-state index in [2.05, 4.69) is 5.32 Å². The number of nitrogens with zero attached hydrogens (tertiary/aromatic N) is 1. The summed E-state index contributed by atoms with van der Waals surface area (Å²) < 4.78 is 5.45. The van der Waals surface area contributed by atoms with E-state index >= 15 is 0 Å². The first-order chi connectivity index (χ1) is 10.8. The van der Waals surface area contributed by atoms with Crippen molar-refractivity contribution in [3.8, 4) is 5.75 Å². The molecular weight excluding hydrogens is 294 g/mol. The molecule has 2 amide bonds. The van der Waals surface area contributed by atoms with Crippen molar-refractivity contribution in [3.63, 3.8) is 0 Å². The Morgan fingerprint density at radius 2 is 2.04 bits per heavy atom. The van der Waals surface area contributed by atoms with Gasteiger partial charge in [-0.15, -0.1) is 0 Å². The number of carbonyl (C=O) groups excluding carboxylic acids is 2. The summed E-state index contributed by atoms with van der Waals surface area (Å²) in [6.07, 6.45) is 0.859. The Balaban J connectivity index is 2.54. The molecule has 1 aromatic rings. The van der Waals surface area contributed by atoms with Crippen molar-refractivity contribution in [2.45, 2.75) is 32.9 Å². The molecule has 0 aliphatic heterocycles. The number of nitrogens with one attached hydrogen (secondary N) is 1. The number of nitrogens with two attached hydrogens (primary N) is 1. The van der Waals surface area contributed by atoms with E-state index < -0.39 is 6.04 Å². The number of carbonyl (C=O) groups is 2. The predicted octanol–water partition coefficient (Wildman–Crippen LogP) is 1.14. The lowest BCUT2D eigenvalue weighted by molar-refractivity contribution is -0.130. The quantitative estimate of drug-likeness (QED) is 0.752. The first-order valence-corrected chi connectivity index (χ1v) is 7.80. The van der Waals surface area contributed by atoms with Crippen LogP contribution < -0.4 is 15.8 Å². The van der Waals surface area contributed by atoms with Gasteiger partial charge in [-0.3, -0.25) is 9.59 Å². The molecule has 0 radical (unpaired) electrons. The Bertz CT molecular complexity index is 532. The second kappa shape index (κ2) is 9.15. The number of ether oxygens (including phenoxy) is 1. The van der Waals surface area contributed by atoms with Crippen molar-refractivity contribution in [1.82, 2.24) is 10.2 Å². The van der Waals surface area contributed by atoms with E-state index in [1.807, 2.05) is 26.0 Å². The highest BCUT2D eigenvalue weighted by molar-refractivity contribution is 5.81. The van der Waals surface area contributed by atoms with Gasteiger partial charge in [0.1, 0.15) is 5.75 Å². The molecule has 0 aliphatic carbocycles. The van der Waals surface area contributed by atoms with Crippen LogP contribution in [0.2, 0.25) is 0 Å². The van der Waals surface area contributed by atoms with Gasteiger partial charge in [-0.1, -0.05) is 32.4 Å². The summed E-state index contributed by atoms with van der Waals surface area (Å²) in [6, 6.07) is 6.79. The Kier molecular flexibility index (Phi) is 7.54. The third-order valence-corrected chi connectivity index (χ3v) is 3.79. The minimum absolute atomic E-state index is 0.0122. The molecule has 1 rings (SSSR count). The average Bonchev–Trinajstić information content (AvgIpc) is 2.56. The summed E-state index contributed by atoms with van der Waals surface area (Å²) in [4.78, 5) is 25.0. The van der Waals surface area contributed by atoms with Crippen LogP contribution in [0.1, 0.15) is 25.8 Å². The van der Waals surface area contributed by atoms with Crippen LogP contribution in [0.4, 0.5) is 0 Å². The molecule has 0 aliphatic rings. The van der Waals surface area contributed by atoms with Crippen molar-refractivity contribution >= 4 is 11.8 Å². The lowest BCUT2D eigenvalue weighted by atomic mass is 9.99. The van der Waals surface area contributed by atoms with E-state index in [1.54, 1.807) is 26.2 Å². The summed E-state index contributed by atoms with van der Waals surface area (Å²) in [7, 11) is 3.36. The summed E-state index contributed by atoms with van der Waals surface area (Å²) in [5.74, 6) is 0.469. The smallest absolute Gasteiger partial charge is 0.259 e. The van der Waals surface area contributed by atoms with Gasteiger partial charge in [-0.05, 0) is 23.6 Å². The van der Waals surface area contributed by atoms with Crippen molar-refractivity contribution in [3.05, 3.63) is 29.8 Å². The molecule has 128 valence electrons. The predicted molar refractivity (Wildman–Crippen MR) is 89.9 cm³/mol. The minimum atomic E-state index is -0.503. The van der Waals surface area contributed by atoms with E-state index in [0.29, 0.717) is 12.3 Å². The third-order valence-electron chi connectivity index (χ3n) is 3.79. The molecule has 2 atom stereocenters. The molecule has 6 heteroatoms. The standard InChI is InChI=1S/C17H27N3O3/c1-5-12(2)16(18)17(22)19-10-13-7-6-8-14(9-13)23-11-15(21)20(3)4/h6-9,12,16H,5,10-11,18H2,1-4H3,(H,19,22). The highest BCUT2D eigenvalue weighted by Crippen LogP contribution is 2.13. The fourth-order valence-corrected chi connectivity index (χ4v) is 1.84. The largest absolute Gasteiger partial charge is 0.484 e. The van der Waals surface area contributed by atoms with Crippen LogP contribution >= 0.6 is 0 Å². The van der Waals surface area contributed by atoms with Crippen molar-refractivity contribution in [1.29, 1.82) is 0 Å². The van der Waals surface area contributed by atoms with Crippen LogP contribution in [0.3, 0.4) is 0 Å². The van der Waals surface area contributed by atoms with Gasteiger partial charge in [0.25, 0.3) is 5.91 Å². The zero-order chi connectivity index (χ0) is 17.4. The number of benzene rings is 1. The molecule has 0 fully saturated rings. The maximum Gasteiger partial charge on any atom is 0.259 e. The van der Waals surface area contributed by atoms with Gasteiger partial charge < -0.3 is 20.7 Å². The molecule has 1 aromatic carbocycles. The van der Waals surface area contributed by atoms with E-state index in [4.69, 9.17) is 10.5 Å². The van der Waals surface area contributed by atoms with E-state index in [0.717, 1.165) is 12.0 Å². The van der Waals surface area contributed by atoms with Gasteiger partial charge in [0.05, 0.1) is 6.04 Å². The first kappa shape index (κ1) is 19.0. The zero-order valence-corrected chi connectivity index (χ0v) is 14.3. The zero-order valence-electron chi connectivity index (χ0n) is 14.3. The fourth-order valence-electron chi connectivity index (χ4n) is 1.84. The second-order valence-electron chi connectivity index (χ2n) is 5.85. The molecule has 0 aromatic heterocycles. The molecule has 23 heavy (non-hydrogen) atoms. The fraction of sp³-hybridized carbons (Fsp3) is 0.529. The summed E-state index contributed by atoms with van der Waals surface area (Å²) in [6.45, 7) is 4.33. The summed E-state index contributed by atoms with van der Waals surface area (Å²) in [5, 5.41) is 2.83. The maximum absolute atomic E-state index is 12.0. The highest BCUT2D eigenvalue weighted by atomic mass is 16.5. The first-order valence-electron chi connectivity index (χ1n) is 7.80. The molecule has 2 unspecified atom stereocenters. The van der Waals surface area contributed by atoms with Crippen LogP contribution in [-0.4, -0.2) is 43.5 Å². The molecule has 0 saturated carbocycles. The average molecular weight is 321 g/mol. The van der Waals surface area contributed by atoms with Crippen molar-refractivity contribution in [2.75, 3.05) is 20.7 Å². The number of likely N-dealkylation sites (N-methyl/N-ethyl adjacent to an activating group) is 1. The van der Waals surface area contributed by atoms with Crippen LogP contribution in [0.25, 0.3) is 0 Å². The molecular formula is C17H27N3O3. The Labute approximate surface area is 138 Å². The topological polar surface area (TPSA) is 84.7 Å². The summed E-state index contributed by atoms with van der Waals surface area (Å²) in [5.41, 5.74) is 6.79. The minimum Gasteiger partial charge on any atom is -0.484 e. The van der Waals surface area contributed by atoms with Gasteiger partial charge in [0.15, 0.2) is 6.61 Å². The molecule has 0 bridgehead atoms. The van der Waals surface area contributed by atoms with Gasteiger partial charge in [-0.2, -0.15) is 0 Å². The highest BCUT2D eigenvalue weighted by Gasteiger charge is 2.18. The van der Waals surface area contributed by atoms with Crippen LogP contribution in [0.15, 0.2) is 24.3 Å². The third kappa shape index (κ3) is 6.28. The van der Waals surface area contributed by atoms with Crippen molar-refractivity contribution < 1.29 is 14.3 Å². The van der Waals surface area contributed by atoms with Gasteiger partial charge in [-0.25, -0.2) is 0 Å². The van der Waals surface area contributed by atoms with Gasteiger partial charge in [0, 0.05) is 20.6 Å². The normalized spacial score (nSPS) is 13.1. The van der Waals surface area contributed by atoms with E-state index in [-0.39, 0.29) is 24.3 Å². The van der Waals surface area contributed by atoms with E-state index in [1.165, 1.54) is 4.90 Å². The van der Waals surface area contributed by atoms with Crippen LogP contribution in [0, 0.1) is 5.92 Å².